The molecule has 0 N–H and O–H groups in total. The molecule has 0 bridgehead atoms. The van der Waals surface area contributed by atoms with Crippen LogP contribution in [0.3, 0.4) is 0 Å². The van der Waals surface area contributed by atoms with Crippen LogP contribution in [0.2, 0.25) is 39.3 Å². The molecular weight excluding hydrogens is 379 g/mol. The first-order valence-corrected chi connectivity index (χ1v) is 19.8. The molecule has 0 saturated heterocycles. The minimum atomic E-state index is -2.20. The third-order valence-electron chi connectivity index (χ3n) is 5.35. The highest BCUT2D eigenvalue weighted by atomic mass is 35.6. The van der Waals surface area contributed by atoms with Gasteiger partial charge in [-0.25, -0.2) is 0 Å². The molecule has 0 unspecified atom stereocenters. The summed E-state index contributed by atoms with van der Waals surface area (Å²) in [5.41, 5.74) is 0. The molecule has 0 fully saturated rings. The second kappa shape index (κ2) is 8.23. The molecule has 140 valence electrons. The summed E-state index contributed by atoms with van der Waals surface area (Å²) in [5.74, 6) is 0. The van der Waals surface area contributed by atoms with Crippen LogP contribution in [0.15, 0.2) is 0 Å². The van der Waals surface area contributed by atoms with Crippen molar-refractivity contribution >= 4 is 45.5 Å². The van der Waals surface area contributed by atoms with Crippen LogP contribution in [-0.2, 0) is 8.85 Å². The van der Waals surface area contributed by atoms with Gasteiger partial charge in [-0.1, -0.05) is 40.8 Å². The van der Waals surface area contributed by atoms with E-state index in [1.54, 1.807) is 0 Å². The van der Waals surface area contributed by atoms with E-state index in [1.807, 2.05) is 13.1 Å². The van der Waals surface area contributed by atoms with Crippen molar-refractivity contribution in [2.75, 3.05) is 0 Å². The molecule has 2 nitrogen and oxygen atoms in total. The fourth-order valence-corrected chi connectivity index (χ4v) is 15.1. The minimum Gasteiger partial charge on any atom is -0.410 e. The fraction of sp³-hybridized carbons (Fsp3) is 1.00. The van der Waals surface area contributed by atoms with Gasteiger partial charge in [-0.05, 0) is 51.9 Å². The Bertz CT molecular complexity index is 369. The van der Waals surface area contributed by atoms with E-state index in [9.17, 15) is 0 Å². The Labute approximate surface area is 157 Å². The van der Waals surface area contributed by atoms with E-state index in [1.165, 1.54) is 0 Å². The van der Waals surface area contributed by atoms with Crippen molar-refractivity contribution in [1.29, 1.82) is 0 Å². The van der Waals surface area contributed by atoms with Crippen molar-refractivity contribution in [3.63, 3.8) is 0 Å². The molecule has 0 radical (unpaired) electrons. The maximum Gasteiger partial charge on any atom is 0.284 e. The van der Waals surface area contributed by atoms with E-state index in [2.05, 4.69) is 53.9 Å². The van der Waals surface area contributed by atoms with E-state index in [0.29, 0.717) is 0 Å². The van der Waals surface area contributed by atoms with Gasteiger partial charge in [0.15, 0.2) is 7.38 Å². The minimum absolute atomic E-state index is 0.207. The zero-order chi connectivity index (χ0) is 18.7. The summed E-state index contributed by atoms with van der Waals surface area (Å²) in [6.45, 7) is 21.9. The SMILES string of the molecule is CCC(CC)(O[Si](C)(C)C(CC)(CC)O[Si](C)(C)Cl)[Si](C)(C)Cl. The summed E-state index contributed by atoms with van der Waals surface area (Å²) in [6.07, 6.45) is 3.76. The first-order valence-electron chi connectivity index (χ1n) is 8.94. The second-order valence-electron chi connectivity index (χ2n) is 7.95. The average molecular weight is 418 g/mol. The van der Waals surface area contributed by atoms with Crippen LogP contribution in [0.1, 0.15) is 53.4 Å². The third-order valence-corrected chi connectivity index (χ3v) is 14.8. The molecule has 0 aromatic rings. The quantitative estimate of drug-likeness (QED) is 0.287. The summed E-state index contributed by atoms with van der Waals surface area (Å²) in [7, 11) is -6.38. The number of rotatable bonds is 10. The van der Waals surface area contributed by atoms with Gasteiger partial charge in [0.1, 0.15) is 0 Å². The molecular formula is C16H38Cl2O2Si3. The van der Waals surface area contributed by atoms with Crippen molar-refractivity contribution in [3.8, 4) is 0 Å². The Hall–Kier alpha value is 1.15. The third kappa shape index (κ3) is 5.56. The number of hydrogen-bond acceptors (Lipinski definition) is 2. The lowest BCUT2D eigenvalue weighted by Crippen LogP contribution is -2.67. The maximum atomic E-state index is 6.99. The van der Waals surface area contributed by atoms with Gasteiger partial charge in [-0.2, -0.15) is 11.1 Å². The lowest BCUT2D eigenvalue weighted by atomic mass is 10.2. The van der Waals surface area contributed by atoms with Gasteiger partial charge in [0, 0.05) is 0 Å². The smallest absolute Gasteiger partial charge is 0.284 e. The predicted octanol–water partition coefficient (Wildman–Crippen LogP) is 6.81. The topological polar surface area (TPSA) is 18.5 Å². The van der Waals surface area contributed by atoms with Crippen LogP contribution in [0, 0.1) is 0 Å². The summed E-state index contributed by atoms with van der Waals surface area (Å²) in [6, 6.07) is 0. The van der Waals surface area contributed by atoms with Crippen molar-refractivity contribution in [2.45, 2.75) is 103 Å². The molecule has 0 aliphatic rings. The van der Waals surface area contributed by atoms with Crippen LogP contribution >= 0.6 is 22.2 Å². The Balaban J connectivity index is 5.89. The van der Waals surface area contributed by atoms with Crippen molar-refractivity contribution in [3.05, 3.63) is 0 Å². The monoisotopic (exact) mass is 416 g/mol. The van der Waals surface area contributed by atoms with Crippen LogP contribution < -0.4 is 0 Å². The first-order chi connectivity index (χ1) is 10.2. The number of halogens is 2. The highest BCUT2D eigenvalue weighted by molar-refractivity contribution is 7.20. The molecule has 23 heavy (non-hydrogen) atoms. The molecule has 0 rings (SSSR count). The highest BCUT2D eigenvalue weighted by Crippen LogP contribution is 2.43. The normalized spacial score (nSPS) is 15.1. The Morgan fingerprint density at radius 3 is 1.22 bits per heavy atom. The lowest BCUT2D eigenvalue weighted by molar-refractivity contribution is 0.0573. The maximum absolute atomic E-state index is 6.99. The van der Waals surface area contributed by atoms with Gasteiger partial charge < -0.3 is 8.85 Å². The highest BCUT2D eigenvalue weighted by Gasteiger charge is 2.56. The molecule has 0 saturated carbocycles. The van der Waals surface area contributed by atoms with Crippen molar-refractivity contribution in [1.82, 2.24) is 0 Å². The van der Waals surface area contributed by atoms with E-state index in [-0.39, 0.29) is 10.4 Å². The predicted molar refractivity (Wildman–Crippen MR) is 113 cm³/mol. The lowest BCUT2D eigenvalue weighted by Gasteiger charge is -2.53. The van der Waals surface area contributed by atoms with Crippen molar-refractivity contribution in [2.24, 2.45) is 0 Å². The Morgan fingerprint density at radius 2 is 1.00 bits per heavy atom. The second-order valence-corrected chi connectivity index (χ2v) is 24.4. The fourth-order valence-electron chi connectivity index (χ4n) is 3.77. The molecule has 0 aliphatic heterocycles. The van der Waals surface area contributed by atoms with Crippen LogP contribution in [0.4, 0.5) is 0 Å². The standard InChI is InChI=1S/C16H38Cl2O2Si3/c1-11-15(12-2,21(5,6)17)19-22(7,8)16(13-3,14-4)20-23(9,10)18/h11-14H2,1-10H3. The van der Waals surface area contributed by atoms with Crippen LogP contribution in [0.5, 0.6) is 0 Å². The molecule has 0 amide bonds. The molecule has 0 atom stereocenters. The zero-order valence-corrected chi connectivity index (χ0v) is 21.4. The molecule has 7 heteroatoms. The zero-order valence-electron chi connectivity index (χ0n) is 16.9. The van der Waals surface area contributed by atoms with E-state index in [0.717, 1.165) is 25.7 Å². The summed E-state index contributed by atoms with van der Waals surface area (Å²) in [5, 5.41) is -0.460. The molecule has 0 aliphatic carbocycles. The average Bonchev–Trinajstić information content (AvgIpc) is 2.39. The van der Waals surface area contributed by atoms with Crippen molar-refractivity contribution < 1.29 is 8.85 Å². The van der Waals surface area contributed by atoms with E-state index >= 15 is 0 Å². The Morgan fingerprint density at radius 1 is 0.652 bits per heavy atom. The van der Waals surface area contributed by atoms with Crippen LogP contribution in [0.25, 0.3) is 0 Å². The Kier molecular flexibility index (Phi) is 8.64. The molecule has 0 aromatic carbocycles. The first kappa shape index (κ1) is 24.2. The summed E-state index contributed by atoms with van der Waals surface area (Å²) < 4.78 is 13.5. The van der Waals surface area contributed by atoms with Crippen LogP contribution in [-0.4, -0.2) is 33.8 Å². The van der Waals surface area contributed by atoms with E-state index < -0.39 is 23.3 Å². The molecule has 0 heterocycles. The van der Waals surface area contributed by atoms with Gasteiger partial charge >= 0.3 is 0 Å². The molecule has 0 aromatic heterocycles. The van der Waals surface area contributed by atoms with E-state index in [4.69, 9.17) is 31.0 Å². The van der Waals surface area contributed by atoms with Gasteiger partial charge in [-0.15, -0.1) is 11.1 Å². The largest absolute Gasteiger partial charge is 0.410 e. The van der Waals surface area contributed by atoms with Gasteiger partial charge in [0.05, 0.1) is 10.4 Å². The summed E-state index contributed by atoms with van der Waals surface area (Å²) >= 11 is 13.5. The number of hydrogen-bond donors (Lipinski definition) is 0. The van der Waals surface area contributed by atoms with Gasteiger partial charge in [0.2, 0.25) is 8.32 Å². The molecule has 0 spiro atoms. The summed E-state index contributed by atoms with van der Waals surface area (Å²) in [4.78, 5) is 0. The van der Waals surface area contributed by atoms with Gasteiger partial charge in [-0.3, -0.25) is 0 Å². The van der Waals surface area contributed by atoms with Gasteiger partial charge in [0.25, 0.3) is 7.63 Å².